The number of hydrogen-bond acceptors (Lipinski definition) is 8. The molecule has 0 aliphatic rings. The summed E-state index contributed by atoms with van der Waals surface area (Å²) in [5.41, 5.74) is 5.40. The Labute approximate surface area is 533 Å². The van der Waals surface area contributed by atoms with Crippen LogP contribution in [0.4, 0.5) is 0 Å². The molecular weight excluding hydrogens is 1100 g/mol. The van der Waals surface area contributed by atoms with Crippen LogP contribution in [0, 0.1) is 0 Å². The molecule has 0 aromatic rings. The van der Waals surface area contributed by atoms with Crippen LogP contribution in [0.2, 0.25) is 0 Å². The Bertz CT molecular complexity index is 2030. The van der Waals surface area contributed by atoms with E-state index in [4.69, 9.17) is 24.3 Å². The van der Waals surface area contributed by atoms with Crippen LogP contribution in [0.3, 0.4) is 0 Å². The van der Waals surface area contributed by atoms with Crippen molar-refractivity contribution in [2.24, 2.45) is 5.73 Å². The van der Waals surface area contributed by atoms with Crippen molar-refractivity contribution in [1.82, 2.24) is 0 Å². The molecule has 0 saturated heterocycles. The number of esters is 2. The second kappa shape index (κ2) is 70.5. The van der Waals surface area contributed by atoms with Crippen LogP contribution in [-0.2, 0) is 32.7 Å². The maximum atomic E-state index is 12.8. The van der Waals surface area contributed by atoms with Crippen LogP contribution in [0.5, 0.6) is 0 Å². The van der Waals surface area contributed by atoms with Gasteiger partial charge in [-0.15, -0.1) is 0 Å². The summed E-state index contributed by atoms with van der Waals surface area (Å²) < 4.78 is 33.2. The highest BCUT2D eigenvalue weighted by Gasteiger charge is 2.26. The molecule has 0 aliphatic carbocycles. The van der Waals surface area contributed by atoms with E-state index in [1.54, 1.807) is 0 Å². The Morgan fingerprint density at radius 2 is 0.598 bits per heavy atom. The van der Waals surface area contributed by atoms with Gasteiger partial charge in [0.25, 0.3) is 0 Å². The predicted molar refractivity (Wildman–Crippen MR) is 376 cm³/mol. The summed E-state index contributed by atoms with van der Waals surface area (Å²) in [7, 11) is -4.41. The van der Waals surface area contributed by atoms with Gasteiger partial charge in [-0.05, 0) is 128 Å². The number of rotatable bonds is 63. The lowest BCUT2D eigenvalue weighted by atomic mass is 10.0. The van der Waals surface area contributed by atoms with Crippen LogP contribution in [0.15, 0.2) is 170 Å². The quantitative estimate of drug-likeness (QED) is 0.0264. The average molecular weight is 1220 g/mol. The van der Waals surface area contributed by atoms with Gasteiger partial charge >= 0.3 is 19.8 Å². The van der Waals surface area contributed by atoms with E-state index in [1.807, 2.05) is 0 Å². The van der Waals surface area contributed by atoms with Gasteiger partial charge < -0.3 is 20.1 Å². The zero-order valence-electron chi connectivity index (χ0n) is 55.2. The van der Waals surface area contributed by atoms with Gasteiger partial charge in [-0.1, -0.05) is 300 Å². The molecule has 0 bridgehead atoms. The Hall–Kier alpha value is -4.63. The van der Waals surface area contributed by atoms with Crippen molar-refractivity contribution in [2.75, 3.05) is 26.4 Å². The SMILES string of the molecule is CC/C=C\C/C=C\C/C=C\C/C=C\C/C=C\C/C=C\C/C=C\CCCCCCCCCCCCCCCCCC(=O)OC(COC(=O)CCCCCCCCC/C=C\C/C=C\C/C=C\C/C=C\C/C=C\C/C=C\C/C=C\CC)COP(=O)(O)OCCN. The van der Waals surface area contributed by atoms with Crippen LogP contribution in [0.1, 0.15) is 271 Å². The van der Waals surface area contributed by atoms with E-state index in [-0.39, 0.29) is 32.6 Å². The van der Waals surface area contributed by atoms with Crippen LogP contribution in [0.25, 0.3) is 0 Å². The Balaban J connectivity index is 3.96. The van der Waals surface area contributed by atoms with E-state index < -0.39 is 32.5 Å². The van der Waals surface area contributed by atoms with Gasteiger partial charge in [0.05, 0.1) is 13.2 Å². The molecule has 0 radical (unpaired) electrons. The molecule has 0 aromatic heterocycles. The molecule has 9 nitrogen and oxygen atoms in total. The molecule has 0 amide bonds. The maximum Gasteiger partial charge on any atom is 0.472 e. The summed E-state index contributed by atoms with van der Waals surface area (Å²) in [6, 6.07) is 0. The summed E-state index contributed by atoms with van der Waals surface area (Å²) in [5, 5.41) is 0. The second-order valence-electron chi connectivity index (χ2n) is 22.3. The highest BCUT2D eigenvalue weighted by molar-refractivity contribution is 7.47. The van der Waals surface area contributed by atoms with Gasteiger partial charge in [0.2, 0.25) is 0 Å². The molecule has 0 fully saturated rings. The zero-order valence-corrected chi connectivity index (χ0v) is 56.1. The summed E-state index contributed by atoms with van der Waals surface area (Å²) in [6.07, 6.45) is 104. The van der Waals surface area contributed by atoms with Crippen molar-refractivity contribution in [2.45, 2.75) is 277 Å². The standard InChI is InChI=1S/C77H126NO8P/c1-3-5-7-9-11-13-15-17-19-21-23-25-27-29-31-33-34-35-36-37-38-39-40-42-44-46-48-50-52-54-56-58-60-62-64-66-68-70-77(80)86-75(74-85-87(81,82)84-72-71-78)73-83-76(79)69-67-65-63-61-59-57-55-53-51-49-47-45-43-41-32-30-28-26-24-22-20-18-16-14-12-10-8-6-4-2/h5-8,11-14,17-20,23-26,29-32,34-35,37-38,43,45,49,51,75H,3-4,9-10,15-16,21-22,27-28,33,36,39-42,44,46-48,50,52-74,78H2,1-2H3,(H,81,82)/b7-5-,8-6-,13-11-,14-12-,19-17-,20-18-,25-23-,26-24-,31-29-,32-30-,35-34-,38-37-,45-43-,51-49-. The monoisotopic (exact) mass is 1220 g/mol. The molecule has 0 aliphatic heterocycles. The number of ether oxygens (including phenoxy) is 2. The third kappa shape index (κ3) is 70.3. The topological polar surface area (TPSA) is 134 Å². The van der Waals surface area contributed by atoms with Gasteiger partial charge in [-0.25, -0.2) is 4.57 Å². The summed E-state index contributed by atoms with van der Waals surface area (Å²) in [4.78, 5) is 35.4. The number of allylic oxidation sites excluding steroid dienone is 28. The first-order valence-corrected chi connectivity index (χ1v) is 36.1. The average Bonchev–Trinajstić information content (AvgIpc) is 3.65. The van der Waals surface area contributed by atoms with Crippen molar-refractivity contribution in [3.63, 3.8) is 0 Å². The van der Waals surface area contributed by atoms with E-state index in [9.17, 15) is 19.0 Å². The molecule has 10 heteroatoms. The molecule has 2 unspecified atom stereocenters. The fourth-order valence-electron chi connectivity index (χ4n) is 9.07. The third-order valence-corrected chi connectivity index (χ3v) is 15.1. The fraction of sp³-hybridized carbons (Fsp3) is 0.610. The predicted octanol–water partition coefficient (Wildman–Crippen LogP) is 23.0. The summed E-state index contributed by atoms with van der Waals surface area (Å²) in [5.74, 6) is -0.847. The van der Waals surface area contributed by atoms with Gasteiger partial charge in [-0.3, -0.25) is 18.6 Å². The van der Waals surface area contributed by atoms with Gasteiger partial charge in [0.1, 0.15) is 6.61 Å². The number of carbonyl (C=O) groups is 2. The molecule has 492 valence electrons. The first-order chi connectivity index (χ1) is 42.8. The van der Waals surface area contributed by atoms with E-state index in [2.05, 4.69) is 184 Å². The first kappa shape index (κ1) is 82.4. The Morgan fingerprint density at radius 3 is 0.885 bits per heavy atom. The summed E-state index contributed by atoms with van der Waals surface area (Å²) in [6.45, 7) is 3.50. The fourth-order valence-corrected chi connectivity index (χ4v) is 9.83. The molecule has 87 heavy (non-hydrogen) atoms. The third-order valence-electron chi connectivity index (χ3n) is 14.1. The van der Waals surface area contributed by atoms with Crippen molar-refractivity contribution in [3.05, 3.63) is 170 Å². The zero-order chi connectivity index (χ0) is 63.0. The first-order valence-electron chi connectivity index (χ1n) is 34.6. The Morgan fingerprint density at radius 1 is 0.345 bits per heavy atom. The minimum Gasteiger partial charge on any atom is -0.462 e. The van der Waals surface area contributed by atoms with Gasteiger partial charge in [0, 0.05) is 19.4 Å². The van der Waals surface area contributed by atoms with Crippen molar-refractivity contribution < 1.29 is 37.6 Å². The molecule has 3 N–H and O–H groups in total. The molecule has 0 heterocycles. The molecule has 2 atom stereocenters. The van der Waals surface area contributed by atoms with Gasteiger partial charge in [0.15, 0.2) is 6.10 Å². The summed E-state index contributed by atoms with van der Waals surface area (Å²) >= 11 is 0. The van der Waals surface area contributed by atoms with Crippen molar-refractivity contribution in [3.8, 4) is 0 Å². The lowest BCUT2D eigenvalue weighted by Gasteiger charge is -2.19. The number of nitrogens with two attached hydrogens (primary N) is 1. The normalized spacial score (nSPS) is 14.0. The van der Waals surface area contributed by atoms with E-state index >= 15 is 0 Å². The highest BCUT2D eigenvalue weighted by Crippen LogP contribution is 2.43. The lowest BCUT2D eigenvalue weighted by Crippen LogP contribution is -2.29. The Kier molecular flexibility index (Phi) is 66.7. The smallest absolute Gasteiger partial charge is 0.462 e. The number of unbranched alkanes of at least 4 members (excludes halogenated alkanes) is 22. The van der Waals surface area contributed by atoms with Crippen LogP contribution >= 0.6 is 7.82 Å². The number of hydrogen-bond donors (Lipinski definition) is 2. The van der Waals surface area contributed by atoms with Crippen LogP contribution < -0.4 is 5.73 Å². The maximum absolute atomic E-state index is 12.8. The molecule has 0 spiro atoms. The molecule has 0 aromatic carbocycles. The number of phosphoric acid groups is 1. The van der Waals surface area contributed by atoms with Crippen LogP contribution in [-0.4, -0.2) is 49.3 Å². The largest absolute Gasteiger partial charge is 0.472 e. The highest BCUT2D eigenvalue weighted by atomic mass is 31.2. The van der Waals surface area contributed by atoms with Gasteiger partial charge in [-0.2, -0.15) is 0 Å². The second-order valence-corrected chi connectivity index (χ2v) is 23.7. The van der Waals surface area contributed by atoms with E-state index in [0.29, 0.717) is 12.8 Å². The van der Waals surface area contributed by atoms with Crippen molar-refractivity contribution >= 4 is 19.8 Å². The minimum absolute atomic E-state index is 0.0440. The van der Waals surface area contributed by atoms with Crippen molar-refractivity contribution in [1.29, 1.82) is 0 Å². The van der Waals surface area contributed by atoms with E-state index in [1.165, 1.54) is 96.3 Å². The molecular formula is C77H126NO8P. The van der Waals surface area contributed by atoms with E-state index in [0.717, 1.165) is 135 Å². The number of carbonyl (C=O) groups excluding carboxylic acids is 2. The molecule has 0 rings (SSSR count). The molecule has 0 saturated carbocycles. The number of phosphoric ester groups is 1. The lowest BCUT2D eigenvalue weighted by molar-refractivity contribution is -0.161. The minimum atomic E-state index is -4.41.